The van der Waals surface area contributed by atoms with Gasteiger partial charge in [-0.05, 0) is 28.0 Å². The van der Waals surface area contributed by atoms with Crippen LogP contribution in [0, 0.1) is 0 Å². The fourth-order valence-electron chi connectivity index (χ4n) is 4.33. The van der Waals surface area contributed by atoms with Gasteiger partial charge in [0.05, 0.1) is 0 Å². The molecule has 1 aliphatic rings. The van der Waals surface area contributed by atoms with E-state index in [4.69, 9.17) is 4.42 Å². The van der Waals surface area contributed by atoms with Crippen molar-refractivity contribution in [1.82, 2.24) is 9.80 Å². The van der Waals surface area contributed by atoms with Gasteiger partial charge in [-0.1, -0.05) is 60.7 Å². The van der Waals surface area contributed by atoms with Crippen LogP contribution in [0.15, 0.2) is 82.0 Å². The van der Waals surface area contributed by atoms with Crippen LogP contribution in [0.5, 0.6) is 0 Å². The second-order valence-corrected chi connectivity index (χ2v) is 7.79. The minimum Gasteiger partial charge on any atom is -0.423 e. The highest BCUT2D eigenvalue weighted by Gasteiger charge is 2.19. The van der Waals surface area contributed by atoms with Gasteiger partial charge in [-0.3, -0.25) is 9.80 Å². The van der Waals surface area contributed by atoms with Crippen LogP contribution >= 0.6 is 0 Å². The van der Waals surface area contributed by atoms with Gasteiger partial charge in [0, 0.05) is 50.7 Å². The summed E-state index contributed by atoms with van der Waals surface area (Å²) in [5.74, 6) is 0. The Kier molecular flexibility index (Phi) is 4.88. The van der Waals surface area contributed by atoms with E-state index in [1.54, 1.807) is 6.07 Å². The van der Waals surface area contributed by atoms with Crippen LogP contribution in [0.1, 0.15) is 11.1 Å². The smallest absolute Gasteiger partial charge is 0.336 e. The minimum atomic E-state index is -0.273. The predicted molar refractivity (Wildman–Crippen MR) is 117 cm³/mol. The molecule has 1 fully saturated rings. The van der Waals surface area contributed by atoms with Gasteiger partial charge in [0.1, 0.15) is 5.58 Å². The Bertz CT molecular complexity index is 1190. The third kappa shape index (κ3) is 3.82. The van der Waals surface area contributed by atoms with Gasteiger partial charge in [0.15, 0.2) is 0 Å². The predicted octanol–water partition coefficient (Wildman–Crippen LogP) is 4.26. The molecule has 0 bridgehead atoms. The zero-order valence-corrected chi connectivity index (χ0v) is 16.4. The van der Waals surface area contributed by atoms with Crippen LogP contribution in [0.4, 0.5) is 0 Å². The lowest BCUT2D eigenvalue weighted by Crippen LogP contribution is -2.45. The topological polar surface area (TPSA) is 36.7 Å². The number of benzene rings is 3. The van der Waals surface area contributed by atoms with E-state index in [9.17, 15) is 4.79 Å². The van der Waals surface area contributed by atoms with E-state index in [1.165, 1.54) is 10.9 Å². The SMILES string of the molecule is O=c1cc(CN2CCN(Cc3ccccc3)CC2)c2c(ccc3ccccc32)o1. The highest BCUT2D eigenvalue weighted by atomic mass is 16.4. The first-order valence-electron chi connectivity index (χ1n) is 10.2. The standard InChI is InChI=1S/C25H24N2O2/c28-24-16-21(25-22-9-5-4-8-20(22)10-11-23(25)29-24)18-27-14-12-26(13-15-27)17-19-6-2-1-3-7-19/h1-11,16H,12-15,17-18H2. The molecule has 0 spiro atoms. The molecule has 4 aromatic rings. The molecule has 0 saturated carbocycles. The maximum absolute atomic E-state index is 12.1. The first-order valence-corrected chi connectivity index (χ1v) is 10.2. The Morgan fingerprint density at radius 3 is 2.24 bits per heavy atom. The molecular formula is C25H24N2O2. The van der Waals surface area contributed by atoms with Crippen molar-refractivity contribution < 1.29 is 4.42 Å². The largest absolute Gasteiger partial charge is 0.423 e. The quantitative estimate of drug-likeness (QED) is 0.389. The first kappa shape index (κ1) is 18.1. The molecule has 0 radical (unpaired) electrons. The first-order chi connectivity index (χ1) is 14.3. The number of rotatable bonds is 4. The van der Waals surface area contributed by atoms with E-state index in [0.717, 1.165) is 55.6 Å². The van der Waals surface area contributed by atoms with Crippen LogP contribution in [0.2, 0.25) is 0 Å². The molecule has 4 heteroatoms. The Hall–Kier alpha value is -2.95. The van der Waals surface area contributed by atoms with Crippen molar-refractivity contribution in [2.45, 2.75) is 13.1 Å². The minimum absolute atomic E-state index is 0.273. The van der Waals surface area contributed by atoms with Gasteiger partial charge < -0.3 is 4.42 Å². The molecule has 3 aromatic carbocycles. The second kappa shape index (κ2) is 7.82. The van der Waals surface area contributed by atoms with Crippen molar-refractivity contribution in [2.75, 3.05) is 26.2 Å². The van der Waals surface area contributed by atoms with Gasteiger partial charge in [0.25, 0.3) is 0 Å². The Labute approximate surface area is 170 Å². The summed E-state index contributed by atoms with van der Waals surface area (Å²) in [6, 6.07) is 24.5. The van der Waals surface area contributed by atoms with Crippen molar-refractivity contribution >= 4 is 21.7 Å². The average Bonchev–Trinajstić information content (AvgIpc) is 2.75. The summed E-state index contributed by atoms with van der Waals surface area (Å²) in [6.07, 6.45) is 0. The second-order valence-electron chi connectivity index (χ2n) is 7.79. The summed E-state index contributed by atoms with van der Waals surface area (Å²) in [4.78, 5) is 17.1. The van der Waals surface area contributed by atoms with Crippen LogP contribution in [0.25, 0.3) is 21.7 Å². The van der Waals surface area contributed by atoms with Crippen molar-refractivity contribution in [2.24, 2.45) is 0 Å². The molecule has 0 amide bonds. The third-order valence-electron chi connectivity index (χ3n) is 5.82. The summed E-state index contributed by atoms with van der Waals surface area (Å²) >= 11 is 0. The molecule has 5 rings (SSSR count). The molecule has 29 heavy (non-hydrogen) atoms. The monoisotopic (exact) mass is 384 g/mol. The van der Waals surface area contributed by atoms with Crippen LogP contribution in [-0.2, 0) is 13.1 Å². The van der Waals surface area contributed by atoms with E-state index in [0.29, 0.717) is 5.58 Å². The summed E-state index contributed by atoms with van der Waals surface area (Å²) in [7, 11) is 0. The third-order valence-corrected chi connectivity index (χ3v) is 5.82. The lowest BCUT2D eigenvalue weighted by Gasteiger charge is -2.34. The summed E-state index contributed by atoms with van der Waals surface area (Å²) in [5, 5.41) is 3.38. The zero-order chi connectivity index (χ0) is 19.6. The van der Waals surface area contributed by atoms with Gasteiger partial charge in [0.2, 0.25) is 0 Å². The molecule has 1 aromatic heterocycles. The van der Waals surface area contributed by atoms with Crippen molar-refractivity contribution in [1.29, 1.82) is 0 Å². The molecule has 146 valence electrons. The van der Waals surface area contributed by atoms with Crippen molar-refractivity contribution in [3.05, 3.63) is 94.3 Å². The average molecular weight is 384 g/mol. The molecule has 1 aliphatic heterocycles. The Balaban J connectivity index is 1.37. The lowest BCUT2D eigenvalue weighted by atomic mass is 10.0. The van der Waals surface area contributed by atoms with E-state index in [1.807, 2.05) is 24.3 Å². The molecule has 4 nitrogen and oxygen atoms in total. The van der Waals surface area contributed by atoms with Crippen LogP contribution in [0.3, 0.4) is 0 Å². The van der Waals surface area contributed by atoms with E-state index < -0.39 is 0 Å². The molecule has 0 N–H and O–H groups in total. The molecule has 0 atom stereocenters. The number of nitrogens with zero attached hydrogens (tertiary/aromatic N) is 2. The zero-order valence-electron chi connectivity index (χ0n) is 16.4. The number of hydrogen-bond donors (Lipinski definition) is 0. The van der Waals surface area contributed by atoms with Crippen molar-refractivity contribution in [3.63, 3.8) is 0 Å². The number of fused-ring (bicyclic) bond motifs is 3. The molecule has 0 unspecified atom stereocenters. The Morgan fingerprint density at radius 2 is 1.45 bits per heavy atom. The highest BCUT2D eigenvalue weighted by molar-refractivity contribution is 6.07. The van der Waals surface area contributed by atoms with E-state index >= 15 is 0 Å². The normalized spacial score (nSPS) is 15.9. The summed E-state index contributed by atoms with van der Waals surface area (Å²) in [5.41, 5.74) is 2.82. The maximum atomic E-state index is 12.1. The fraction of sp³-hybridized carbons (Fsp3) is 0.240. The summed E-state index contributed by atoms with van der Waals surface area (Å²) in [6.45, 7) is 5.84. The van der Waals surface area contributed by atoms with Gasteiger partial charge in [-0.25, -0.2) is 4.79 Å². The fourth-order valence-corrected chi connectivity index (χ4v) is 4.33. The summed E-state index contributed by atoms with van der Waals surface area (Å²) < 4.78 is 5.50. The number of hydrogen-bond acceptors (Lipinski definition) is 4. The van der Waals surface area contributed by atoms with E-state index in [2.05, 4.69) is 52.3 Å². The molecule has 1 saturated heterocycles. The van der Waals surface area contributed by atoms with Gasteiger partial charge in [-0.2, -0.15) is 0 Å². The number of piperazine rings is 1. The maximum Gasteiger partial charge on any atom is 0.336 e. The van der Waals surface area contributed by atoms with Crippen LogP contribution in [-0.4, -0.2) is 36.0 Å². The molecule has 2 heterocycles. The van der Waals surface area contributed by atoms with Crippen molar-refractivity contribution in [3.8, 4) is 0 Å². The molecular weight excluding hydrogens is 360 g/mol. The highest BCUT2D eigenvalue weighted by Crippen LogP contribution is 2.28. The molecule has 0 aliphatic carbocycles. The Morgan fingerprint density at radius 1 is 0.759 bits per heavy atom. The van der Waals surface area contributed by atoms with Crippen LogP contribution < -0.4 is 5.63 Å². The lowest BCUT2D eigenvalue weighted by molar-refractivity contribution is 0.122. The van der Waals surface area contributed by atoms with Gasteiger partial charge >= 0.3 is 5.63 Å². The van der Waals surface area contributed by atoms with E-state index in [-0.39, 0.29) is 5.63 Å². The van der Waals surface area contributed by atoms with Gasteiger partial charge in [-0.15, -0.1) is 0 Å².